The number of hydrogen-bond donors (Lipinski definition) is 3. The summed E-state index contributed by atoms with van der Waals surface area (Å²) in [5.74, 6) is -1.22. The van der Waals surface area contributed by atoms with Gasteiger partial charge in [-0.3, -0.25) is 14.4 Å². The number of aryl methyl sites for hydroxylation is 1. The summed E-state index contributed by atoms with van der Waals surface area (Å²) in [7, 11) is 0. The molecule has 1 aromatic heterocycles. The van der Waals surface area contributed by atoms with Gasteiger partial charge in [0.2, 0.25) is 23.6 Å². The van der Waals surface area contributed by atoms with Gasteiger partial charge in [-0.2, -0.15) is 8.78 Å². The Kier molecular flexibility index (Phi) is 7.72. The van der Waals surface area contributed by atoms with E-state index >= 15 is 0 Å². The summed E-state index contributed by atoms with van der Waals surface area (Å²) < 4.78 is 30.5. The van der Waals surface area contributed by atoms with Gasteiger partial charge < -0.3 is 25.6 Å². The van der Waals surface area contributed by atoms with Crippen LogP contribution in [0.25, 0.3) is 0 Å². The second kappa shape index (κ2) is 10.8. The highest BCUT2D eigenvalue weighted by Crippen LogP contribution is 2.41. The first kappa shape index (κ1) is 26.5. The number of carbonyl (C=O) groups is 3. The minimum absolute atomic E-state index is 0.0187. The van der Waals surface area contributed by atoms with Gasteiger partial charge in [0.1, 0.15) is 11.1 Å². The third kappa shape index (κ3) is 5.56. The van der Waals surface area contributed by atoms with Gasteiger partial charge in [-0.15, -0.1) is 0 Å². The number of nitrogens with one attached hydrogen (secondary N) is 3. The number of aromatic nitrogens is 1. The smallest absolute Gasteiger partial charge is 0.388 e. The Hall–Kier alpha value is -3.60. The van der Waals surface area contributed by atoms with Crippen molar-refractivity contribution in [2.75, 3.05) is 31.5 Å². The lowest BCUT2D eigenvalue weighted by Gasteiger charge is -2.50. The average molecular weight is 516 g/mol. The molecule has 198 valence electrons. The standard InChI is InChI=1S/C26H31F2N5O4/c1-15(2)17-6-4-5-7-18(17)26(13-33(14-26)21(34)12-20-22(35)30-11-10-29-20)24(36)32-19-9-8-16(3)31-23(19)37-25(27)28/h4-9,15,20,25,29H,10-14H2,1-3H3,(H,30,35)(H,32,36). The summed E-state index contributed by atoms with van der Waals surface area (Å²) in [5, 5.41) is 8.50. The van der Waals surface area contributed by atoms with Gasteiger partial charge in [0.15, 0.2) is 0 Å². The van der Waals surface area contributed by atoms with Gasteiger partial charge in [0.25, 0.3) is 0 Å². The number of anilines is 1. The zero-order valence-electron chi connectivity index (χ0n) is 21.0. The Morgan fingerprint density at radius 2 is 1.92 bits per heavy atom. The highest BCUT2D eigenvalue weighted by Gasteiger charge is 2.53. The van der Waals surface area contributed by atoms with Crippen LogP contribution in [0, 0.1) is 6.92 Å². The quantitative estimate of drug-likeness (QED) is 0.498. The average Bonchev–Trinajstić information content (AvgIpc) is 2.81. The SMILES string of the molecule is Cc1ccc(NC(=O)C2(c3ccccc3C(C)C)CN(C(=O)CC3NCCNC3=O)C2)c(OC(F)F)n1. The summed E-state index contributed by atoms with van der Waals surface area (Å²) in [5.41, 5.74) is 1.06. The van der Waals surface area contributed by atoms with Crippen molar-refractivity contribution in [2.24, 2.45) is 0 Å². The van der Waals surface area contributed by atoms with E-state index in [0.717, 1.165) is 11.1 Å². The number of ether oxygens (including phenoxy) is 1. The summed E-state index contributed by atoms with van der Waals surface area (Å²) in [4.78, 5) is 44.5. The third-order valence-electron chi connectivity index (χ3n) is 6.77. The van der Waals surface area contributed by atoms with E-state index in [1.165, 1.54) is 6.07 Å². The van der Waals surface area contributed by atoms with E-state index in [9.17, 15) is 23.2 Å². The van der Waals surface area contributed by atoms with Crippen LogP contribution < -0.4 is 20.7 Å². The molecule has 2 aromatic rings. The number of pyridine rings is 1. The molecule has 3 N–H and O–H groups in total. The van der Waals surface area contributed by atoms with Crippen molar-refractivity contribution >= 4 is 23.4 Å². The third-order valence-corrected chi connectivity index (χ3v) is 6.77. The van der Waals surface area contributed by atoms with Crippen LogP contribution in [-0.4, -0.2) is 66.4 Å². The number of carbonyl (C=O) groups excluding carboxylic acids is 3. The first-order valence-corrected chi connectivity index (χ1v) is 12.2. The van der Waals surface area contributed by atoms with E-state index in [-0.39, 0.29) is 48.8 Å². The molecular formula is C26H31F2N5O4. The Morgan fingerprint density at radius 3 is 2.59 bits per heavy atom. The second-order valence-corrected chi connectivity index (χ2v) is 9.71. The topological polar surface area (TPSA) is 113 Å². The predicted octanol–water partition coefficient (Wildman–Crippen LogP) is 2.31. The molecule has 37 heavy (non-hydrogen) atoms. The van der Waals surface area contributed by atoms with Gasteiger partial charge in [0, 0.05) is 31.9 Å². The van der Waals surface area contributed by atoms with Crippen LogP contribution in [0.15, 0.2) is 36.4 Å². The monoisotopic (exact) mass is 515 g/mol. The number of halogens is 2. The molecule has 1 atom stereocenters. The maximum Gasteiger partial charge on any atom is 0.388 e. The maximum absolute atomic E-state index is 13.8. The molecule has 0 spiro atoms. The zero-order chi connectivity index (χ0) is 26.7. The number of likely N-dealkylation sites (tertiary alicyclic amines) is 1. The molecule has 2 saturated heterocycles. The highest BCUT2D eigenvalue weighted by atomic mass is 19.3. The van der Waals surface area contributed by atoms with E-state index in [2.05, 4.69) is 25.7 Å². The summed E-state index contributed by atoms with van der Waals surface area (Å²) in [6.07, 6.45) is -0.0242. The van der Waals surface area contributed by atoms with Crippen molar-refractivity contribution in [1.82, 2.24) is 20.5 Å². The number of hydrogen-bond acceptors (Lipinski definition) is 6. The first-order chi connectivity index (χ1) is 17.6. The highest BCUT2D eigenvalue weighted by molar-refractivity contribution is 6.03. The second-order valence-electron chi connectivity index (χ2n) is 9.71. The number of benzene rings is 1. The fourth-order valence-corrected chi connectivity index (χ4v) is 4.81. The number of amides is 3. The molecule has 2 fully saturated rings. The molecule has 11 heteroatoms. The fourth-order valence-electron chi connectivity index (χ4n) is 4.81. The lowest BCUT2D eigenvalue weighted by atomic mass is 9.69. The van der Waals surface area contributed by atoms with Crippen LogP contribution >= 0.6 is 0 Å². The zero-order valence-corrected chi connectivity index (χ0v) is 21.0. The first-order valence-electron chi connectivity index (χ1n) is 12.2. The van der Waals surface area contributed by atoms with Crippen molar-refractivity contribution in [3.8, 4) is 5.88 Å². The van der Waals surface area contributed by atoms with Crippen LogP contribution in [0.4, 0.5) is 14.5 Å². The van der Waals surface area contributed by atoms with E-state index < -0.39 is 24.0 Å². The lowest BCUT2D eigenvalue weighted by molar-refractivity contribution is -0.146. The number of piperazine rings is 1. The van der Waals surface area contributed by atoms with Gasteiger partial charge in [-0.1, -0.05) is 38.1 Å². The Morgan fingerprint density at radius 1 is 1.19 bits per heavy atom. The van der Waals surface area contributed by atoms with Crippen molar-refractivity contribution in [3.05, 3.63) is 53.2 Å². The lowest BCUT2D eigenvalue weighted by Crippen LogP contribution is -2.67. The molecule has 0 saturated carbocycles. The van der Waals surface area contributed by atoms with Crippen LogP contribution in [0.1, 0.15) is 43.0 Å². The summed E-state index contributed by atoms with van der Waals surface area (Å²) in [6, 6.07) is 9.94. The molecular weight excluding hydrogens is 484 g/mol. The molecule has 0 aliphatic carbocycles. The van der Waals surface area contributed by atoms with Gasteiger partial charge in [0.05, 0.1) is 12.5 Å². The molecule has 4 rings (SSSR count). The van der Waals surface area contributed by atoms with E-state index in [4.69, 9.17) is 0 Å². The van der Waals surface area contributed by atoms with E-state index in [0.29, 0.717) is 18.8 Å². The van der Waals surface area contributed by atoms with Crippen molar-refractivity contribution in [1.29, 1.82) is 0 Å². The van der Waals surface area contributed by atoms with Crippen LogP contribution in [0.2, 0.25) is 0 Å². The fraction of sp³-hybridized carbons (Fsp3) is 0.462. The van der Waals surface area contributed by atoms with E-state index in [1.807, 2.05) is 38.1 Å². The minimum atomic E-state index is -3.11. The Bertz CT molecular complexity index is 1180. The van der Waals surface area contributed by atoms with Gasteiger partial charge >= 0.3 is 6.61 Å². The molecule has 0 radical (unpaired) electrons. The molecule has 3 heterocycles. The largest absolute Gasteiger partial charge is 0.415 e. The number of alkyl halides is 2. The molecule has 0 bridgehead atoms. The summed E-state index contributed by atoms with van der Waals surface area (Å²) in [6.45, 7) is 3.79. The van der Waals surface area contributed by atoms with Crippen LogP contribution in [0.5, 0.6) is 5.88 Å². The molecule has 1 aromatic carbocycles. The van der Waals surface area contributed by atoms with E-state index in [1.54, 1.807) is 17.9 Å². The van der Waals surface area contributed by atoms with Crippen LogP contribution in [-0.2, 0) is 19.8 Å². The van der Waals surface area contributed by atoms with Crippen molar-refractivity contribution in [3.63, 3.8) is 0 Å². The van der Waals surface area contributed by atoms with Gasteiger partial charge in [-0.05, 0) is 36.1 Å². The molecule has 3 amide bonds. The Balaban J connectivity index is 1.62. The van der Waals surface area contributed by atoms with Crippen LogP contribution in [0.3, 0.4) is 0 Å². The minimum Gasteiger partial charge on any atom is -0.415 e. The normalized spacial score (nSPS) is 18.8. The summed E-state index contributed by atoms with van der Waals surface area (Å²) >= 11 is 0. The maximum atomic E-state index is 13.8. The molecule has 2 aliphatic rings. The molecule has 1 unspecified atom stereocenters. The Labute approximate surface area is 214 Å². The number of rotatable bonds is 8. The van der Waals surface area contributed by atoms with Crippen molar-refractivity contribution < 1.29 is 27.9 Å². The predicted molar refractivity (Wildman–Crippen MR) is 132 cm³/mol. The molecule has 9 nitrogen and oxygen atoms in total. The van der Waals surface area contributed by atoms with Crippen molar-refractivity contribution in [2.45, 2.75) is 51.2 Å². The molecule has 2 aliphatic heterocycles. The number of nitrogens with zero attached hydrogens (tertiary/aromatic N) is 2. The van der Waals surface area contributed by atoms with Gasteiger partial charge in [-0.25, -0.2) is 4.98 Å².